The summed E-state index contributed by atoms with van der Waals surface area (Å²) in [7, 11) is 0. The van der Waals surface area contributed by atoms with Gasteiger partial charge in [-0.15, -0.1) is 0 Å². The van der Waals surface area contributed by atoms with Crippen molar-refractivity contribution in [1.29, 1.82) is 0 Å². The molecule has 2 aliphatic rings. The number of aliphatic hydroxyl groups excluding tert-OH is 1. The van der Waals surface area contributed by atoms with Crippen LogP contribution in [0.25, 0.3) is 0 Å². The molecule has 3 aromatic rings. The monoisotopic (exact) mass is 415 g/mol. The molecule has 2 heterocycles. The zero-order valence-corrected chi connectivity index (χ0v) is 17.5. The van der Waals surface area contributed by atoms with Crippen LogP contribution in [0.4, 0.5) is 0 Å². The van der Waals surface area contributed by atoms with E-state index in [9.17, 15) is 14.7 Å². The highest BCUT2D eigenvalue weighted by Crippen LogP contribution is 2.51. The second-order valence-electron chi connectivity index (χ2n) is 8.61. The van der Waals surface area contributed by atoms with Crippen LogP contribution in [-0.4, -0.2) is 32.4 Å². The number of H-pyrrole nitrogens is 1. The molecule has 31 heavy (non-hydrogen) atoms. The number of nitrogens with one attached hydrogen (secondary N) is 1. The van der Waals surface area contributed by atoms with E-state index in [0.29, 0.717) is 24.1 Å². The largest absolute Gasteiger partial charge is 0.378 e. The van der Waals surface area contributed by atoms with Gasteiger partial charge >= 0.3 is 0 Å². The minimum absolute atomic E-state index is 0.165. The van der Waals surface area contributed by atoms with Crippen molar-refractivity contribution in [2.75, 3.05) is 6.54 Å². The van der Waals surface area contributed by atoms with Crippen molar-refractivity contribution >= 4 is 5.91 Å². The van der Waals surface area contributed by atoms with Crippen LogP contribution >= 0.6 is 0 Å². The first-order valence-electron chi connectivity index (χ1n) is 10.7. The minimum atomic E-state index is -1.23. The number of hydrogen-bond acceptors (Lipinski definition) is 4. The lowest BCUT2D eigenvalue weighted by atomic mass is 9.94. The standard InChI is InChI=1S/C25H25N3O3/c1-16-7-9-17(10-8-16)21(29)23(31)28-14-11-20-19(15-28)22(30)27-24(26-20)25(12-13-25)18-5-3-2-4-6-18/h2-10,21,29H,11-15H2,1H3,(H,26,27,30)/t21-/m1/s1. The molecule has 1 fully saturated rings. The number of benzene rings is 2. The summed E-state index contributed by atoms with van der Waals surface area (Å²) >= 11 is 0. The Balaban J connectivity index is 1.39. The Morgan fingerprint density at radius 1 is 1.13 bits per heavy atom. The molecule has 1 atom stereocenters. The molecular weight excluding hydrogens is 390 g/mol. The van der Waals surface area contributed by atoms with Crippen LogP contribution in [-0.2, 0) is 23.2 Å². The van der Waals surface area contributed by atoms with E-state index in [1.165, 1.54) is 5.56 Å². The first-order chi connectivity index (χ1) is 15.0. The smallest absolute Gasteiger partial charge is 0.256 e. The number of rotatable bonds is 4. The number of hydrogen-bond donors (Lipinski definition) is 2. The lowest BCUT2D eigenvalue weighted by Gasteiger charge is -2.30. The summed E-state index contributed by atoms with van der Waals surface area (Å²) in [5, 5.41) is 10.5. The molecule has 0 unspecified atom stereocenters. The molecule has 0 spiro atoms. The Hall–Kier alpha value is -3.25. The molecule has 6 nitrogen and oxygen atoms in total. The van der Waals surface area contributed by atoms with E-state index in [-0.39, 0.29) is 23.4 Å². The van der Waals surface area contributed by atoms with E-state index in [2.05, 4.69) is 17.1 Å². The van der Waals surface area contributed by atoms with Crippen LogP contribution in [0.15, 0.2) is 59.4 Å². The summed E-state index contributed by atoms with van der Waals surface area (Å²) in [6, 6.07) is 17.4. The number of aliphatic hydroxyl groups is 1. The van der Waals surface area contributed by atoms with Gasteiger partial charge in [-0.3, -0.25) is 9.59 Å². The number of nitrogens with zero attached hydrogens (tertiary/aromatic N) is 2. The summed E-state index contributed by atoms with van der Waals surface area (Å²) < 4.78 is 0. The molecule has 1 aliphatic carbocycles. The van der Waals surface area contributed by atoms with E-state index in [1.807, 2.05) is 37.3 Å². The molecule has 0 saturated heterocycles. The predicted octanol–water partition coefficient (Wildman–Crippen LogP) is 2.78. The third-order valence-corrected chi connectivity index (χ3v) is 6.54. The van der Waals surface area contributed by atoms with Crippen molar-refractivity contribution in [2.24, 2.45) is 0 Å². The van der Waals surface area contributed by atoms with Gasteiger partial charge in [0.25, 0.3) is 11.5 Å². The zero-order chi connectivity index (χ0) is 21.6. The van der Waals surface area contributed by atoms with Gasteiger partial charge in [0.1, 0.15) is 5.82 Å². The fourth-order valence-corrected chi connectivity index (χ4v) is 4.45. The van der Waals surface area contributed by atoms with E-state index in [4.69, 9.17) is 4.98 Å². The highest BCUT2D eigenvalue weighted by atomic mass is 16.3. The van der Waals surface area contributed by atoms with Gasteiger partial charge in [0.15, 0.2) is 6.10 Å². The summed E-state index contributed by atoms with van der Waals surface area (Å²) in [5.41, 5.74) is 3.67. The van der Waals surface area contributed by atoms with Gasteiger partial charge < -0.3 is 15.0 Å². The highest BCUT2D eigenvalue weighted by molar-refractivity contribution is 5.82. The highest BCUT2D eigenvalue weighted by Gasteiger charge is 2.48. The van der Waals surface area contributed by atoms with E-state index >= 15 is 0 Å². The summed E-state index contributed by atoms with van der Waals surface area (Å²) in [4.78, 5) is 35.2. The maximum atomic E-state index is 12.9. The Morgan fingerprint density at radius 2 is 1.84 bits per heavy atom. The van der Waals surface area contributed by atoms with Crippen LogP contribution < -0.4 is 5.56 Å². The Morgan fingerprint density at radius 3 is 2.52 bits per heavy atom. The predicted molar refractivity (Wildman–Crippen MR) is 117 cm³/mol. The van der Waals surface area contributed by atoms with Crippen molar-refractivity contribution in [3.8, 4) is 0 Å². The summed E-state index contributed by atoms with van der Waals surface area (Å²) in [5.74, 6) is 0.336. The van der Waals surface area contributed by atoms with Crippen LogP contribution in [0.2, 0.25) is 0 Å². The Labute approximate surface area is 180 Å². The SMILES string of the molecule is Cc1ccc([C@@H](O)C(=O)N2CCc3nc(C4(c5ccccc5)CC4)[nH]c(=O)c3C2)cc1. The van der Waals surface area contributed by atoms with Gasteiger partial charge in [0.2, 0.25) is 0 Å². The first-order valence-corrected chi connectivity index (χ1v) is 10.7. The second-order valence-corrected chi connectivity index (χ2v) is 8.61. The Kier molecular flexibility index (Phi) is 4.74. The number of carbonyl (C=O) groups is 1. The minimum Gasteiger partial charge on any atom is -0.378 e. The number of aromatic nitrogens is 2. The number of carbonyl (C=O) groups excluding carboxylic acids is 1. The number of amides is 1. The maximum absolute atomic E-state index is 12.9. The third kappa shape index (κ3) is 3.47. The van der Waals surface area contributed by atoms with Crippen LogP contribution in [0.5, 0.6) is 0 Å². The van der Waals surface area contributed by atoms with E-state index < -0.39 is 6.10 Å². The molecule has 0 radical (unpaired) electrons. The molecule has 5 rings (SSSR count). The first kappa shape index (κ1) is 19.7. The fraction of sp³-hybridized carbons (Fsp3) is 0.320. The van der Waals surface area contributed by atoms with E-state index in [1.54, 1.807) is 17.0 Å². The second kappa shape index (κ2) is 7.46. The van der Waals surface area contributed by atoms with Gasteiger partial charge in [0.05, 0.1) is 23.2 Å². The molecule has 1 aromatic heterocycles. The van der Waals surface area contributed by atoms with Gasteiger partial charge in [-0.2, -0.15) is 0 Å². The lowest BCUT2D eigenvalue weighted by Crippen LogP contribution is -2.42. The average Bonchev–Trinajstić information content (AvgIpc) is 3.61. The lowest BCUT2D eigenvalue weighted by molar-refractivity contribution is -0.141. The van der Waals surface area contributed by atoms with Crippen molar-refractivity contribution < 1.29 is 9.90 Å². The van der Waals surface area contributed by atoms with Crippen molar-refractivity contribution in [2.45, 2.75) is 44.2 Å². The molecular formula is C25H25N3O3. The van der Waals surface area contributed by atoms with Crippen molar-refractivity contribution in [3.05, 3.63) is 98.7 Å². The summed E-state index contributed by atoms with van der Waals surface area (Å²) in [6.45, 7) is 2.55. The fourth-order valence-electron chi connectivity index (χ4n) is 4.45. The molecule has 2 aromatic carbocycles. The average molecular weight is 415 g/mol. The third-order valence-electron chi connectivity index (χ3n) is 6.54. The molecule has 6 heteroatoms. The maximum Gasteiger partial charge on any atom is 0.256 e. The molecule has 158 valence electrons. The van der Waals surface area contributed by atoms with Crippen LogP contribution in [0, 0.1) is 6.92 Å². The molecule has 2 N–H and O–H groups in total. The normalized spacial score (nSPS) is 17.7. The molecule has 1 saturated carbocycles. The quantitative estimate of drug-likeness (QED) is 0.686. The van der Waals surface area contributed by atoms with Crippen molar-refractivity contribution in [3.63, 3.8) is 0 Å². The van der Waals surface area contributed by atoms with Gasteiger partial charge in [-0.05, 0) is 30.9 Å². The zero-order valence-electron chi connectivity index (χ0n) is 17.5. The summed E-state index contributed by atoms with van der Waals surface area (Å²) in [6.07, 6.45) is 1.20. The van der Waals surface area contributed by atoms with Crippen LogP contribution in [0.1, 0.15) is 52.7 Å². The Bertz CT molecular complexity index is 1180. The number of aryl methyl sites for hydroxylation is 1. The molecule has 1 aliphatic heterocycles. The number of aromatic amines is 1. The van der Waals surface area contributed by atoms with Gasteiger partial charge in [-0.25, -0.2) is 4.98 Å². The number of fused-ring (bicyclic) bond motifs is 1. The van der Waals surface area contributed by atoms with Gasteiger partial charge in [-0.1, -0.05) is 60.2 Å². The van der Waals surface area contributed by atoms with Crippen LogP contribution in [0.3, 0.4) is 0 Å². The topological polar surface area (TPSA) is 86.3 Å². The molecule has 1 amide bonds. The van der Waals surface area contributed by atoms with Crippen molar-refractivity contribution in [1.82, 2.24) is 14.9 Å². The molecule has 0 bridgehead atoms. The van der Waals surface area contributed by atoms with Gasteiger partial charge in [0, 0.05) is 13.0 Å². The van der Waals surface area contributed by atoms with E-state index in [0.717, 1.165) is 29.9 Å².